The summed E-state index contributed by atoms with van der Waals surface area (Å²) in [6.45, 7) is 10.7. The fourth-order valence-electron chi connectivity index (χ4n) is 8.33. The highest BCUT2D eigenvalue weighted by Crippen LogP contribution is 2.28. The van der Waals surface area contributed by atoms with Crippen molar-refractivity contribution in [3.63, 3.8) is 0 Å². The van der Waals surface area contributed by atoms with Crippen LogP contribution in [0.4, 0.5) is 0 Å². The van der Waals surface area contributed by atoms with E-state index in [0.29, 0.717) is 24.3 Å². The minimum Gasteiger partial charge on any atom is -0.487 e. The average Bonchev–Trinajstić information content (AvgIpc) is 3.42. The first-order valence-electron chi connectivity index (χ1n) is 26.1. The lowest BCUT2D eigenvalue weighted by Gasteiger charge is -2.34. The SMILES string of the molecule is CC[C@H](C)[C@H]1NC(=O)[C@@H](NC(=O)[C@H](C)[C@H](O)C(C)C)[C@@H](C)OC(=O)[C@@H]2COC(=O)CNC(=O)C=C[C@](O)(CSCCCN)[C@@H](C)Oc3ccc(cc3)[C@H](NC1=O)C(=O)N(C)[C@@H](Cc1ccccc1)C(=O)N[C@H]([C@@H](C)O)C(=O)N2. The number of fused-ring (bicyclic) bond motifs is 11. The van der Waals surface area contributed by atoms with Crippen LogP contribution in [0.3, 0.4) is 0 Å². The molecule has 0 spiro atoms. The van der Waals surface area contributed by atoms with Crippen molar-refractivity contribution >= 4 is 65.1 Å². The van der Waals surface area contributed by atoms with E-state index in [1.54, 1.807) is 65.0 Å². The van der Waals surface area contributed by atoms with Gasteiger partial charge >= 0.3 is 11.9 Å². The zero-order valence-corrected chi connectivity index (χ0v) is 46.5. The van der Waals surface area contributed by atoms with Gasteiger partial charge in [-0.2, -0.15) is 11.8 Å². The van der Waals surface area contributed by atoms with E-state index in [-0.39, 0.29) is 29.9 Å². The molecule has 5 rings (SSSR count). The minimum atomic E-state index is -1.97. The van der Waals surface area contributed by atoms with Crippen molar-refractivity contribution < 1.29 is 72.7 Å². The first-order chi connectivity index (χ1) is 36.8. The Bertz CT molecular complexity index is 2430. The zero-order chi connectivity index (χ0) is 58.0. The van der Waals surface area contributed by atoms with Crippen molar-refractivity contribution in [1.29, 1.82) is 0 Å². The normalized spacial score (nSPS) is 27.2. The van der Waals surface area contributed by atoms with Crippen LogP contribution in [0.5, 0.6) is 5.75 Å². The van der Waals surface area contributed by atoms with E-state index in [1.165, 1.54) is 69.9 Å². The number of hydrogen-bond acceptors (Lipinski definition) is 17. The third-order valence-electron chi connectivity index (χ3n) is 13.7. The van der Waals surface area contributed by atoms with Gasteiger partial charge in [0.05, 0.1) is 18.1 Å². The summed E-state index contributed by atoms with van der Waals surface area (Å²) < 4.78 is 17.4. The molecule has 0 aromatic heterocycles. The summed E-state index contributed by atoms with van der Waals surface area (Å²) in [6.07, 6.45) is -2.63. The number of nitrogens with one attached hydrogen (secondary N) is 6. The Morgan fingerprint density at radius 3 is 2.12 bits per heavy atom. The van der Waals surface area contributed by atoms with E-state index in [0.717, 1.165) is 11.0 Å². The molecule has 24 heteroatoms. The van der Waals surface area contributed by atoms with E-state index in [9.17, 15) is 53.7 Å². The van der Waals surface area contributed by atoms with Crippen LogP contribution < -0.4 is 42.4 Å². The summed E-state index contributed by atoms with van der Waals surface area (Å²) in [4.78, 5) is 129. The summed E-state index contributed by atoms with van der Waals surface area (Å²) in [7, 11) is 1.31. The van der Waals surface area contributed by atoms with Gasteiger partial charge in [0.25, 0.3) is 0 Å². The molecule has 4 bridgehead atoms. The maximum absolute atomic E-state index is 15.3. The molecule has 1 saturated heterocycles. The number of likely N-dealkylation sites (N-methyl/N-ethyl adjacent to an activating group) is 1. The number of amides is 7. The fraction of sp³-hybridized carbons (Fsp3) is 0.574. The van der Waals surface area contributed by atoms with Gasteiger partial charge in [-0.15, -0.1) is 0 Å². The summed E-state index contributed by atoms with van der Waals surface area (Å²) in [5.74, 6) is -10.6. The van der Waals surface area contributed by atoms with Crippen LogP contribution in [0, 0.1) is 17.8 Å². The Kier molecular flexibility index (Phi) is 24.5. The molecule has 3 aliphatic rings. The number of esters is 2. The van der Waals surface area contributed by atoms with E-state index < -0.39 is 150 Å². The van der Waals surface area contributed by atoms with Gasteiger partial charge in [0.15, 0.2) is 6.04 Å². The van der Waals surface area contributed by atoms with Crippen molar-refractivity contribution in [2.45, 2.75) is 141 Å². The highest BCUT2D eigenvalue weighted by Gasteiger charge is 2.42. The smallest absolute Gasteiger partial charge is 0.332 e. The number of thioether (sulfide) groups is 1. The summed E-state index contributed by atoms with van der Waals surface area (Å²) in [5.41, 5.74) is 4.60. The van der Waals surface area contributed by atoms with Crippen molar-refractivity contribution in [3.8, 4) is 5.75 Å². The monoisotopic (exact) mass is 1110 g/mol. The number of ether oxygens (including phenoxy) is 3. The molecule has 23 nitrogen and oxygen atoms in total. The maximum Gasteiger partial charge on any atom is 0.332 e. The second kappa shape index (κ2) is 30.0. The number of rotatable bonds is 14. The first kappa shape index (κ1) is 63.9. The van der Waals surface area contributed by atoms with Gasteiger partial charge in [-0.25, -0.2) is 4.79 Å². The van der Waals surface area contributed by atoms with Crippen LogP contribution >= 0.6 is 11.8 Å². The number of benzene rings is 2. The molecule has 2 aromatic carbocycles. The fourth-order valence-corrected chi connectivity index (χ4v) is 9.50. The molecule has 3 heterocycles. The highest BCUT2D eigenvalue weighted by atomic mass is 32.2. The number of nitrogens with two attached hydrogens (primary N) is 1. The van der Waals surface area contributed by atoms with Crippen LogP contribution in [-0.4, -0.2) is 172 Å². The molecule has 13 atom stereocenters. The molecule has 430 valence electrons. The van der Waals surface area contributed by atoms with Gasteiger partial charge in [0.2, 0.25) is 41.4 Å². The van der Waals surface area contributed by atoms with Crippen molar-refractivity contribution in [2.24, 2.45) is 23.5 Å². The van der Waals surface area contributed by atoms with Gasteiger partial charge in [-0.3, -0.25) is 38.4 Å². The Hall–Kier alpha value is -6.60. The second-order valence-corrected chi connectivity index (χ2v) is 21.3. The van der Waals surface area contributed by atoms with Gasteiger partial charge in [-0.1, -0.05) is 83.5 Å². The molecule has 7 amide bonds. The Morgan fingerprint density at radius 2 is 1.50 bits per heavy atom. The van der Waals surface area contributed by atoms with Crippen LogP contribution in [0.1, 0.15) is 85.4 Å². The van der Waals surface area contributed by atoms with Gasteiger partial charge in [0, 0.05) is 25.3 Å². The number of nitrogens with zero attached hydrogens (tertiary/aromatic N) is 1. The molecule has 0 aliphatic carbocycles. The van der Waals surface area contributed by atoms with Gasteiger partial charge < -0.3 is 72.1 Å². The van der Waals surface area contributed by atoms with E-state index in [2.05, 4.69) is 31.9 Å². The third-order valence-corrected chi connectivity index (χ3v) is 15.0. The molecule has 78 heavy (non-hydrogen) atoms. The second-order valence-electron chi connectivity index (χ2n) is 20.2. The van der Waals surface area contributed by atoms with E-state index >= 15 is 4.79 Å². The lowest BCUT2D eigenvalue weighted by molar-refractivity contribution is -0.160. The highest BCUT2D eigenvalue weighted by molar-refractivity contribution is 7.99. The molecular formula is C54H78N8O15S. The molecule has 11 N–H and O–H groups in total. The minimum absolute atomic E-state index is 0.0316. The van der Waals surface area contributed by atoms with Crippen molar-refractivity contribution in [3.05, 3.63) is 77.9 Å². The Labute approximate surface area is 459 Å². The number of aliphatic hydroxyl groups is 3. The van der Waals surface area contributed by atoms with Crippen LogP contribution in [0.15, 0.2) is 66.7 Å². The van der Waals surface area contributed by atoms with Gasteiger partial charge in [-0.05, 0) is 80.7 Å². The number of carbonyl (C=O) groups is 9. The largest absolute Gasteiger partial charge is 0.487 e. The van der Waals surface area contributed by atoms with Crippen LogP contribution in [0.25, 0.3) is 0 Å². The molecule has 0 saturated carbocycles. The van der Waals surface area contributed by atoms with Gasteiger partial charge in [0.1, 0.15) is 66.9 Å². The predicted octanol–water partition coefficient (Wildman–Crippen LogP) is -0.312. The number of cyclic esters (lactones) is 1. The summed E-state index contributed by atoms with van der Waals surface area (Å²) in [6, 6.07) is 4.22. The number of hydrogen-bond donors (Lipinski definition) is 10. The van der Waals surface area contributed by atoms with Crippen LogP contribution in [0.2, 0.25) is 0 Å². The lowest BCUT2D eigenvalue weighted by Crippen LogP contribution is -2.61. The number of aliphatic hydroxyl groups excluding tert-OH is 2. The molecule has 1 fully saturated rings. The summed E-state index contributed by atoms with van der Waals surface area (Å²) >= 11 is 1.35. The summed E-state index contributed by atoms with van der Waals surface area (Å²) in [5, 5.41) is 49.1. The molecule has 3 aliphatic heterocycles. The zero-order valence-electron chi connectivity index (χ0n) is 45.7. The molecule has 0 radical (unpaired) electrons. The van der Waals surface area contributed by atoms with Crippen molar-refractivity contribution in [2.75, 3.05) is 38.2 Å². The lowest BCUT2D eigenvalue weighted by atomic mass is 9.93. The number of carbonyl (C=O) groups excluding carboxylic acids is 9. The molecular weight excluding hydrogens is 1030 g/mol. The molecule has 2 aromatic rings. The standard InChI is InChI=1S/C54H78N8O15S/c1-10-30(4)42-49(69)61-45-36-17-19-37(20-18-36)77-34(8)54(74,28-78-24-14-23-55)22-21-40(64)56-26-41(65)75-27-38(53(73)76-33(7)44(51(71)58-42)60-47(67)31(5)46(66)29(2)3)57-50(70)43(32(6)63)59-48(68)39(62(9)52(45)72)25-35-15-12-11-13-16-35/h11-13,15-22,29-34,38-39,42-46,63,66,74H,10,14,23-28,55H2,1-9H3,(H,56,64)(H,57,70)(H,58,71)(H,59,68)(H,60,67)(H,61,69)/t30-,31+,32+,33+,34+,38-,39-,42+,43+,44-,45-,46+,54-/m0/s1. The Morgan fingerprint density at radius 1 is 0.859 bits per heavy atom. The quantitative estimate of drug-likeness (QED) is 0.0857. The van der Waals surface area contributed by atoms with Crippen LogP contribution in [-0.2, 0) is 59.0 Å². The van der Waals surface area contributed by atoms with Crippen molar-refractivity contribution in [1.82, 2.24) is 36.8 Å². The molecule has 0 unspecified atom stereocenters. The topological polar surface area (TPSA) is 343 Å². The third kappa shape index (κ3) is 18.0. The predicted molar refractivity (Wildman–Crippen MR) is 288 cm³/mol. The average molecular weight is 1110 g/mol. The Balaban J connectivity index is 2.02. The first-order valence-corrected chi connectivity index (χ1v) is 27.3. The van der Waals surface area contributed by atoms with E-state index in [1.807, 2.05) is 0 Å². The maximum atomic E-state index is 15.3. The van der Waals surface area contributed by atoms with E-state index in [4.69, 9.17) is 19.9 Å².